The first-order chi connectivity index (χ1) is 8.47. The summed E-state index contributed by atoms with van der Waals surface area (Å²) in [5.41, 5.74) is -0.289. The summed E-state index contributed by atoms with van der Waals surface area (Å²) in [6, 6.07) is 5.94. The summed E-state index contributed by atoms with van der Waals surface area (Å²) in [7, 11) is 0. The summed E-state index contributed by atoms with van der Waals surface area (Å²) in [5, 5.41) is 9.93. The van der Waals surface area contributed by atoms with Crippen molar-refractivity contribution in [2.45, 2.75) is 12.5 Å². The molecule has 1 nitrogen and oxygen atoms in total. The van der Waals surface area contributed by atoms with Gasteiger partial charge in [-0.2, -0.15) is 0 Å². The zero-order chi connectivity index (χ0) is 13.3. The molecule has 96 valence electrons. The van der Waals surface area contributed by atoms with Crippen molar-refractivity contribution >= 4 is 43.2 Å². The summed E-state index contributed by atoms with van der Waals surface area (Å²) in [6.07, 6.45) is -1.00. The van der Waals surface area contributed by atoms with Gasteiger partial charge in [0, 0.05) is 15.8 Å². The number of aliphatic hydroxyl groups is 1. The normalized spacial score (nSPS) is 12.7. The van der Waals surface area contributed by atoms with Crippen LogP contribution in [0.1, 0.15) is 16.5 Å². The molecule has 1 aromatic carbocycles. The van der Waals surface area contributed by atoms with Crippen LogP contribution >= 0.6 is 43.2 Å². The highest BCUT2D eigenvalue weighted by Gasteiger charge is 2.19. The van der Waals surface area contributed by atoms with Crippen molar-refractivity contribution in [1.82, 2.24) is 0 Å². The van der Waals surface area contributed by atoms with E-state index in [-0.39, 0.29) is 12.0 Å². The van der Waals surface area contributed by atoms with Crippen LogP contribution in [-0.4, -0.2) is 5.11 Å². The van der Waals surface area contributed by atoms with Crippen molar-refractivity contribution in [1.29, 1.82) is 0 Å². The van der Waals surface area contributed by atoms with E-state index in [0.29, 0.717) is 4.47 Å². The fourth-order valence-corrected chi connectivity index (χ4v) is 3.55. The lowest BCUT2D eigenvalue weighted by molar-refractivity contribution is 0.169. The number of thiophene rings is 1. The van der Waals surface area contributed by atoms with E-state index in [1.54, 1.807) is 0 Å². The zero-order valence-electron chi connectivity index (χ0n) is 8.96. The molecule has 2 rings (SSSR count). The Labute approximate surface area is 124 Å². The van der Waals surface area contributed by atoms with E-state index in [1.807, 2.05) is 12.1 Å². The van der Waals surface area contributed by atoms with Crippen LogP contribution in [0.25, 0.3) is 0 Å². The third kappa shape index (κ3) is 3.17. The quantitative estimate of drug-likeness (QED) is 0.786. The smallest absolute Gasteiger partial charge is 0.133 e. The molecule has 1 unspecified atom stereocenters. The molecule has 18 heavy (non-hydrogen) atoms. The van der Waals surface area contributed by atoms with Gasteiger partial charge in [-0.05, 0) is 40.2 Å². The van der Waals surface area contributed by atoms with E-state index in [9.17, 15) is 13.9 Å². The molecule has 6 heteroatoms. The average molecular weight is 398 g/mol. The Bertz CT molecular complexity index is 548. The number of rotatable bonds is 3. The fraction of sp³-hybridized carbons (Fsp3) is 0.167. The number of aliphatic hydroxyl groups excluding tert-OH is 1. The van der Waals surface area contributed by atoms with Gasteiger partial charge in [-0.3, -0.25) is 0 Å². The van der Waals surface area contributed by atoms with Crippen molar-refractivity contribution in [3.8, 4) is 0 Å². The Balaban J connectivity index is 2.26. The first-order valence-electron chi connectivity index (χ1n) is 5.04. The number of halogens is 4. The van der Waals surface area contributed by atoms with Crippen LogP contribution in [-0.2, 0) is 6.42 Å². The third-order valence-corrected chi connectivity index (χ3v) is 4.50. The van der Waals surface area contributed by atoms with Crippen LogP contribution in [0.3, 0.4) is 0 Å². The molecule has 0 aliphatic rings. The summed E-state index contributed by atoms with van der Waals surface area (Å²) >= 11 is 7.73. The largest absolute Gasteiger partial charge is 0.388 e. The maximum atomic E-state index is 13.6. The van der Waals surface area contributed by atoms with Crippen molar-refractivity contribution in [3.05, 3.63) is 54.6 Å². The minimum atomic E-state index is -1.19. The highest BCUT2D eigenvalue weighted by Crippen LogP contribution is 2.30. The molecular weight excluding hydrogens is 390 g/mol. The van der Waals surface area contributed by atoms with Crippen LogP contribution in [0.5, 0.6) is 0 Å². The average Bonchev–Trinajstić information content (AvgIpc) is 2.62. The van der Waals surface area contributed by atoms with E-state index in [0.717, 1.165) is 20.8 Å². The number of hydrogen-bond acceptors (Lipinski definition) is 2. The lowest BCUT2D eigenvalue weighted by Crippen LogP contribution is -2.06. The standard InChI is InChI=1S/C12H8Br2F2OS/c13-6-3-8(15)12(9(16)4-6)10(17)5-7-1-2-11(14)18-7/h1-4,10,17H,5H2. The molecule has 0 amide bonds. The van der Waals surface area contributed by atoms with E-state index >= 15 is 0 Å². The van der Waals surface area contributed by atoms with Crippen LogP contribution in [0.4, 0.5) is 8.78 Å². The lowest BCUT2D eigenvalue weighted by Gasteiger charge is -2.12. The highest BCUT2D eigenvalue weighted by atomic mass is 79.9. The topological polar surface area (TPSA) is 20.2 Å². The van der Waals surface area contributed by atoms with E-state index in [4.69, 9.17) is 0 Å². The summed E-state index contributed by atoms with van der Waals surface area (Å²) in [5.74, 6) is -1.49. The predicted molar refractivity (Wildman–Crippen MR) is 74.7 cm³/mol. The molecule has 0 spiro atoms. The van der Waals surface area contributed by atoms with Gasteiger partial charge in [-0.25, -0.2) is 8.78 Å². The SMILES string of the molecule is OC(Cc1ccc(Br)s1)c1c(F)cc(Br)cc1F. The van der Waals surface area contributed by atoms with E-state index in [1.165, 1.54) is 11.3 Å². The molecule has 0 saturated heterocycles. The first-order valence-corrected chi connectivity index (χ1v) is 7.44. The maximum Gasteiger partial charge on any atom is 0.133 e. The minimum absolute atomic E-state index is 0.186. The number of benzene rings is 1. The number of hydrogen-bond donors (Lipinski definition) is 1. The van der Waals surface area contributed by atoms with Crippen molar-refractivity contribution < 1.29 is 13.9 Å². The van der Waals surface area contributed by atoms with Gasteiger partial charge in [0.2, 0.25) is 0 Å². The van der Waals surface area contributed by atoms with Gasteiger partial charge in [0.1, 0.15) is 11.6 Å². The predicted octanol–water partition coefficient (Wildman–Crippen LogP) is 4.83. The van der Waals surface area contributed by atoms with Gasteiger partial charge in [-0.15, -0.1) is 11.3 Å². The monoisotopic (exact) mass is 396 g/mol. The Morgan fingerprint density at radius 1 is 1.17 bits per heavy atom. The van der Waals surface area contributed by atoms with E-state index in [2.05, 4.69) is 31.9 Å². The molecule has 1 atom stereocenters. The summed E-state index contributed by atoms with van der Waals surface area (Å²) in [4.78, 5) is 0.857. The third-order valence-electron chi connectivity index (χ3n) is 2.40. The molecule has 0 radical (unpaired) electrons. The van der Waals surface area contributed by atoms with Crippen molar-refractivity contribution in [2.24, 2.45) is 0 Å². The van der Waals surface area contributed by atoms with Gasteiger partial charge in [0.15, 0.2) is 0 Å². The Hall–Kier alpha value is -0.300. The molecule has 2 aromatic rings. The second-order valence-corrected chi connectivity index (χ2v) is 7.17. The van der Waals surface area contributed by atoms with Crippen LogP contribution in [0, 0.1) is 11.6 Å². The van der Waals surface area contributed by atoms with Gasteiger partial charge < -0.3 is 5.11 Å². The second-order valence-electron chi connectivity index (χ2n) is 3.71. The van der Waals surface area contributed by atoms with Gasteiger partial charge in [0.25, 0.3) is 0 Å². The van der Waals surface area contributed by atoms with Gasteiger partial charge >= 0.3 is 0 Å². The molecule has 1 heterocycles. The molecule has 0 fully saturated rings. The van der Waals surface area contributed by atoms with Crippen molar-refractivity contribution in [2.75, 3.05) is 0 Å². The summed E-state index contributed by atoms with van der Waals surface area (Å²) in [6.45, 7) is 0. The van der Waals surface area contributed by atoms with E-state index < -0.39 is 17.7 Å². The van der Waals surface area contributed by atoms with Gasteiger partial charge in [0.05, 0.1) is 15.5 Å². The van der Waals surface area contributed by atoms with Crippen molar-refractivity contribution in [3.63, 3.8) is 0 Å². The maximum absolute atomic E-state index is 13.6. The van der Waals surface area contributed by atoms with Crippen LogP contribution in [0.2, 0.25) is 0 Å². The van der Waals surface area contributed by atoms with Gasteiger partial charge in [-0.1, -0.05) is 15.9 Å². The minimum Gasteiger partial charge on any atom is -0.388 e. The lowest BCUT2D eigenvalue weighted by atomic mass is 10.0. The molecule has 0 aliphatic carbocycles. The zero-order valence-corrected chi connectivity index (χ0v) is 12.9. The second kappa shape index (κ2) is 5.77. The fourth-order valence-electron chi connectivity index (χ4n) is 1.63. The molecular formula is C12H8Br2F2OS. The van der Waals surface area contributed by atoms with Crippen LogP contribution in [0.15, 0.2) is 32.5 Å². The molecule has 0 saturated carbocycles. The van der Waals surface area contributed by atoms with Crippen LogP contribution < -0.4 is 0 Å². The molecule has 1 aromatic heterocycles. The Morgan fingerprint density at radius 3 is 2.28 bits per heavy atom. The molecule has 0 bridgehead atoms. The molecule has 1 N–H and O–H groups in total. The summed E-state index contributed by atoms with van der Waals surface area (Å²) < 4.78 is 28.5. The Kier molecular flexibility index (Phi) is 4.53. The Morgan fingerprint density at radius 2 is 1.78 bits per heavy atom. The first kappa shape index (κ1) is 14.1. The molecule has 0 aliphatic heterocycles. The highest BCUT2D eigenvalue weighted by molar-refractivity contribution is 9.11.